The first-order valence-electron chi connectivity index (χ1n) is 4.91. The molecule has 0 bridgehead atoms. The van der Waals surface area contributed by atoms with Crippen LogP contribution in [0.2, 0.25) is 0 Å². The Labute approximate surface area is 82.0 Å². The molecule has 4 atom stereocenters. The summed E-state index contributed by atoms with van der Waals surface area (Å²) in [4.78, 5) is 11.3. The lowest BCUT2D eigenvalue weighted by Crippen LogP contribution is -2.50. The Morgan fingerprint density at radius 3 is 3.31 bits per heavy atom. The normalized spacial score (nSPS) is 52.7. The zero-order valence-corrected chi connectivity index (χ0v) is 8.49. The van der Waals surface area contributed by atoms with Crippen molar-refractivity contribution in [2.75, 3.05) is 5.75 Å². The second kappa shape index (κ2) is 2.35. The molecule has 2 N–H and O–H groups in total. The first-order chi connectivity index (χ1) is 6.21. The van der Waals surface area contributed by atoms with Gasteiger partial charge >= 0.3 is 6.03 Å². The number of carbonyl (C=O) groups excluding carboxylic acids is 1. The highest BCUT2D eigenvalue weighted by atomic mass is 32.2. The van der Waals surface area contributed by atoms with Crippen molar-refractivity contribution in [1.82, 2.24) is 10.6 Å². The Morgan fingerprint density at radius 2 is 2.46 bits per heavy atom. The Bertz CT molecular complexity index is 270. The Kier molecular flexibility index (Phi) is 1.44. The molecule has 2 heterocycles. The lowest BCUT2D eigenvalue weighted by atomic mass is 9.90. The summed E-state index contributed by atoms with van der Waals surface area (Å²) in [5, 5.41) is 6.84. The fourth-order valence-corrected chi connectivity index (χ4v) is 4.99. The molecule has 72 valence electrons. The summed E-state index contributed by atoms with van der Waals surface area (Å²) in [6.45, 7) is 2.29. The van der Waals surface area contributed by atoms with Crippen molar-refractivity contribution in [2.45, 2.75) is 36.6 Å². The van der Waals surface area contributed by atoms with Crippen LogP contribution in [-0.4, -0.2) is 28.6 Å². The molecular weight excluding hydrogens is 184 g/mol. The van der Waals surface area contributed by atoms with Gasteiger partial charge in [0.05, 0.1) is 11.6 Å². The second-order valence-electron chi connectivity index (χ2n) is 4.56. The average Bonchev–Trinajstić information content (AvgIpc) is 2.56. The Morgan fingerprint density at radius 1 is 1.62 bits per heavy atom. The smallest absolute Gasteiger partial charge is 0.315 e. The number of carbonyl (C=O) groups is 1. The van der Waals surface area contributed by atoms with Gasteiger partial charge in [-0.15, -0.1) is 0 Å². The van der Waals surface area contributed by atoms with Gasteiger partial charge in [-0.05, 0) is 18.8 Å². The highest BCUT2D eigenvalue weighted by molar-refractivity contribution is 8.00. The minimum absolute atomic E-state index is 0.0457. The molecule has 1 saturated carbocycles. The van der Waals surface area contributed by atoms with Gasteiger partial charge in [0.25, 0.3) is 0 Å². The number of urea groups is 1. The quantitative estimate of drug-likeness (QED) is 0.569. The maximum Gasteiger partial charge on any atom is 0.315 e. The molecule has 0 aromatic heterocycles. The van der Waals surface area contributed by atoms with Gasteiger partial charge in [0.15, 0.2) is 0 Å². The number of hydrogen-bond donors (Lipinski definition) is 2. The summed E-state index contributed by atoms with van der Waals surface area (Å²) >= 11 is 2.02. The number of thioether (sulfide) groups is 1. The highest BCUT2D eigenvalue weighted by Gasteiger charge is 2.59. The standard InChI is InChI=1S/C9H14N2OS/c1-5-2-7-9(3-5)6(4-13-7)10-8(12)11-9/h5-7H,2-4H2,1H3,(H2,10,11,12)/t5?,6-,7-,9-/m0/s1. The molecule has 2 aliphatic heterocycles. The van der Waals surface area contributed by atoms with Crippen LogP contribution >= 0.6 is 11.8 Å². The van der Waals surface area contributed by atoms with Crippen molar-refractivity contribution in [1.29, 1.82) is 0 Å². The van der Waals surface area contributed by atoms with Gasteiger partial charge in [-0.2, -0.15) is 11.8 Å². The van der Waals surface area contributed by atoms with Crippen molar-refractivity contribution >= 4 is 17.8 Å². The first-order valence-corrected chi connectivity index (χ1v) is 5.96. The number of hydrogen-bond acceptors (Lipinski definition) is 2. The van der Waals surface area contributed by atoms with Crippen molar-refractivity contribution in [2.24, 2.45) is 5.92 Å². The third-order valence-corrected chi connectivity index (χ3v) is 5.16. The van der Waals surface area contributed by atoms with Crippen LogP contribution in [0.1, 0.15) is 19.8 Å². The van der Waals surface area contributed by atoms with E-state index in [2.05, 4.69) is 17.6 Å². The summed E-state index contributed by atoms with van der Waals surface area (Å²) in [5.41, 5.74) is 0.112. The van der Waals surface area contributed by atoms with E-state index >= 15 is 0 Å². The Balaban J connectivity index is 1.96. The van der Waals surface area contributed by atoms with Crippen LogP contribution < -0.4 is 10.6 Å². The summed E-state index contributed by atoms with van der Waals surface area (Å²) in [7, 11) is 0. The van der Waals surface area contributed by atoms with Crippen LogP contribution in [0.4, 0.5) is 4.79 Å². The minimum atomic E-state index is 0.0457. The van der Waals surface area contributed by atoms with Crippen LogP contribution in [-0.2, 0) is 0 Å². The van der Waals surface area contributed by atoms with Crippen molar-refractivity contribution in [3.63, 3.8) is 0 Å². The highest BCUT2D eigenvalue weighted by Crippen LogP contribution is 2.50. The van der Waals surface area contributed by atoms with E-state index in [-0.39, 0.29) is 11.6 Å². The molecule has 13 heavy (non-hydrogen) atoms. The third-order valence-electron chi connectivity index (χ3n) is 3.61. The number of amides is 2. The lowest BCUT2D eigenvalue weighted by Gasteiger charge is -2.26. The van der Waals surface area contributed by atoms with Gasteiger partial charge in [-0.25, -0.2) is 4.79 Å². The number of nitrogens with one attached hydrogen (secondary N) is 2. The Hall–Kier alpha value is -0.380. The van der Waals surface area contributed by atoms with E-state index in [0.29, 0.717) is 11.3 Å². The molecule has 3 aliphatic rings. The zero-order valence-electron chi connectivity index (χ0n) is 7.67. The average molecular weight is 198 g/mol. The van der Waals surface area contributed by atoms with Gasteiger partial charge in [-0.3, -0.25) is 0 Å². The predicted octanol–water partition coefficient (Wildman–Crippen LogP) is 0.952. The SMILES string of the molecule is CC1C[C@@H]2SC[C@@H]3NC(=O)N[C@@]32C1. The van der Waals surface area contributed by atoms with E-state index in [1.54, 1.807) is 0 Å². The van der Waals surface area contributed by atoms with Crippen LogP contribution in [0.5, 0.6) is 0 Å². The molecule has 0 radical (unpaired) electrons. The van der Waals surface area contributed by atoms with Gasteiger partial charge in [0.2, 0.25) is 0 Å². The van der Waals surface area contributed by atoms with Gasteiger partial charge in [0, 0.05) is 11.0 Å². The molecule has 0 aromatic rings. The van der Waals surface area contributed by atoms with Gasteiger partial charge in [-0.1, -0.05) is 6.92 Å². The topological polar surface area (TPSA) is 41.1 Å². The van der Waals surface area contributed by atoms with Crippen molar-refractivity contribution in [3.05, 3.63) is 0 Å². The largest absolute Gasteiger partial charge is 0.332 e. The fraction of sp³-hybridized carbons (Fsp3) is 0.889. The molecule has 3 fully saturated rings. The summed E-state index contributed by atoms with van der Waals surface area (Å²) in [6.07, 6.45) is 2.43. The van der Waals surface area contributed by atoms with Crippen LogP contribution in [0.15, 0.2) is 0 Å². The van der Waals surface area contributed by atoms with Gasteiger partial charge < -0.3 is 10.6 Å². The monoisotopic (exact) mass is 198 g/mol. The van der Waals surface area contributed by atoms with E-state index in [4.69, 9.17) is 0 Å². The lowest BCUT2D eigenvalue weighted by molar-refractivity contribution is 0.244. The molecule has 3 rings (SSSR count). The van der Waals surface area contributed by atoms with Crippen molar-refractivity contribution in [3.8, 4) is 0 Å². The fourth-order valence-electron chi connectivity index (χ4n) is 3.11. The maximum absolute atomic E-state index is 11.3. The molecule has 4 heteroatoms. The van der Waals surface area contributed by atoms with E-state index in [1.807, 2.05) is 11.8 Å². The van der Waals surface area contributed by atoms with Crippen LogP contribution in [0.25, 0.3) is 0 Å². The first kappa shape index (κ1) is 7.97. The molecule has 0 aromatic carbocycles. The number of rotatable bonds is 0. The molecule has 2 amide bonds. The zero-order chi connectivity index (χ0) is 9.05. The van der Waals surface area contributed by atoms with E-state index in [9.17, 15) is 4.79 Å². The molecule has 2 saturated heterocycles. The molecule has 1 aliphatic carbocycles. The summed E-state index contributed by atoms with van der Waals surface area (Å²) < 4.78 is 0. The molecular formula is C9H14N2OS. The summed E-state index contributed by atoms with van der Waals surface area (Å²) in [5.74, 6) is 1.86. The van der Waals surface area contributed by atoms with Crippen LogP contribution in [0, 0.1) is 5.92 Å². The molecule has 1 spiro atoms. The summed E-state index contributed by atoms with van der Waals surface area (Å²) in [6, 6.07) is 0.435. The van der Waals surface area contributed by atoms with Gasteiger partial charge in [0.1, 0.15) is 0 Å². The van der Waals surface area contributed by atoms with E-state index < -0.39 is 0 Å². The predicted molar refractivity (Wildman–Crippen MR) is 52.8 cm³/mol. The van der Waals surface area contributed by atoms with Crippen molar-refractivity contribution < 1.29 is 4.79 Å². The van der Waals surface area contributed by atoms with E-state index in [0.717, 1.165) is 18.1 Å². The van der Waals surface area contributed by atoms with E-state index in [1.165, 1.54) is 6.42 Å². The van der Waals surface area contributed by atoms with Crippen LogP contribution in [0.3, 0.4) is 0 Å². The molecule has 3 nitrogen and oxygen atoms in total. The third kappa shape index (κ3) is 0.897. The second-order valence-corrected chi connectivity index (χ2v) is 5.79. The molecule has 1 unspecified atom stereocenters. The minimum Gasteiger partial charge on any atom is -0.332 e. The maximum atomic E-state index is 11.3.